The molecule has 0 aliphatic carbocycles. The predicted molar refractivity (Wildman–Crippen MR) is 130 cm³/mol. The minimum atomic E-state index is -1.000. The fourth-order valence-corrected chi connectivity index (χ4v) is 3.33. The standard InChI is InChI=1S/C26H28N4O5/c1-6-28-25(34)22-17(9-10-26(4,5)29-24(33)16-8-7-11-27-14-16)23(35-30-22)19-12-18(15(2)3)20(31)13-21(19)32/h7-8,11-15,31-32H,6H2,1-5H3,(H,28,34)(H,29,33). The lowest BCUT2D eigenvalue weighted by atomic mass is 9.96. The van der Waals surface area contributed by atoms with Crippen molar-refractivity contribution in [3.63, 3.8) is 0 Å². The molecule has 1 aromatic carbocycles. The maximum absolute atomic E-state index is 12.6. The van der Waals surface area contributed by atoms with Crippen LogP contribution in [0.3, 0.4) is 0 Å². The number of benzene rings is 1. The minimum absolute atomic E-state index is 0.0451. The molecule has 4 N–H and O–H groups in total. The summed E-state index contributed by atoms with van der Waals surface area (Å²) in [5, 5.41) is 30.1. The molecule has 0 bridgehead atoms. The number of pyridine rings is 1. The van der Waals surface area contributed by atoms with Gasteiger partial charge in [-0.05, 0) is 50.5 Å². The van der Waals surface area contributed by atoms with E-state index in [4.69, 9.17) is 4.52 Å². The summed E-state index contributed by atoms with van der Waals surface area (Å²) in [5.74, 6) is 4.75. The van der Waals surface area contributed by atoms with Crippen LogP contribution in [0.5, 0.6) is 11.5 Å². The van der Waals surface area contributed by atoms with Crippen LogP contribution in [0.15, 0.2) is 41.2 Å². The Morgan fingerprint density at radius 2 is 1.91 bits per heavy atom. The maximum atomic E-state index is 12.6. The Bertz CT molecular complexity index is 1300. The van der Waals surface area contributed by atoms with Crippen LogP contribution in [-0.2, 0) is 0 Å². The molecule has 35 heavy (non-hydrogen) atoms. The molecule has 0 spiro atoms. The lowest BCUT2D eigenvalue weighted by Gasteiger charge is -2.19. The van der Waals surface area contributed by atoms with Gasteiger partial charge in [-0.1, -0.05) is 30.8 Å². The highest BCUT2D eigenvalue weighted by molar-refractivity contribution is 5.97. The number of phenols is 2. The molecular formula is C26H28N4O5. The van der Waals surface area contributed by atoms with E-state index in [1.807, 2.05) is 13.8 Å². The van der Waals surface area contributed by atoms with Crippen LogP contribution in [0.25, 0.3) is 11.3 Å². The van der Waals surface area contributed by atoms with Crippen molar-refractivity contribution in [1.82, 2.24) is 20.8 Å². The second kappa shape index (κ2) is 10.3. The van der Waals surface area contributed by atoms with Crippen molar-refractivity contribution in [2.45, 2.75) is 46.1 Å². The molecule has 9 heteroatoms. The average molecular weight is 477 g/mol. The highest BCUT2D eigenvalue weighted by Gasteiger charge is 2.26. The summed E-state index contributed by atoms with van der Waals surface area (Å²) in [7, 11) is 0. The first-order valence-electron chi connectivity index (χ1n) is 11.1. The van der Waals surface area contributed by atoms with Crippen molar-refractivity contribution < 1.29 is 24.3 Å². The smallest absolute Gasteiger partial charge is 0.274 e. The molecule has 9 nitrogen and oxygen atoms in total. The van der Waals surface area contributed by atoms with E-state index in [1.165, 1.54) is 12.3 Å². The third-order valence-corrected chi connectivity index (χ3v) is 5.11. The van der Waals surface area contributed by atoms with Crippen LogP contribution in [0.2, 0.25) is 0 Å². The summed E-state index contributed by atoms with van der Waals surface area (Å²) in [6.45, 7) is 9.34. The summed E-state index contributed by atoms with van der Waals surface area (Å²) < 4.78 is 5.47. The highest BCUT2D eigenvalue weighted by Crippen LogP contribution is 2.39. The maximum Gasteiger partial charge on any atom is 0.274 e. The zero-order chi connectivity index (χ0) is 25.8. The summed E-state index contributed by atoms with van der Waals surface area (Å²) in [4.78, 5) is 29.2. The molecule has 3 rings (SSSR count). The van der Waals surface area contributed by atoms with Crippen LogP contribution in [-0.4, -0.2) is 44.3 Å². The molecule has 2 amide bonds. The minimum Gasteiger partial charge on any atom is -0.508 e. The molecule has 0 radical (unpaired) electrons. The van der Waals surface area contributed by atoms with E-state index in [9.17, 15) is 19.8 Å². The van der Waals surface area contributed by atoms with Gasteiger partial charge in [0.1, 0.15) is 17.1 Å². The summed E-state index contributed by atoms with van der Waals surface area (Å²) in [6.07, 6.45) is 3.02. The monoisotopic (exact) mass is 476 g/mol. The van der Waals surface area contributed by atoms with E-state index < -0.39 is 11.4 Å². The van der Waals surface area contributed by atoms with Crippen molar-refractivity contribution in [2.24, 2.45) is 0 Å². The molecule has 0 fully saturated rings. The molecule has 0 atom stereocenters. The van der Waals surface area contributed by atoms with Crippen molar-refractivity contribution >= 4 is 11.8 Å². The number of carbonyl (C=O) groups is 2. The molecule has 0 saturated carbocycles. The number of nitrogens with one attached hydrogen (secondary N) is 2. The fourth-order valence-electron chi connectivity index (χ4n) is 3.33. The quantitative estimate of drug-likeness (QED) is 0.399. The van der Waals surface area contributed by atoms with Gasteiger partial charge >= 0.3 is 0 Å². The summed E-state index contributed by atoms with van der Waals surface area (Å²) >= 11 is 0. The number of rotatable bonds is 6. The molecule has 0 saturated heterocycles. The van der Waals surface area contributed by atoms with Gasteiger partial charge in [0.05, 0.1) is 16.7 Å². The van der Waals surface area contributed by atoms with Gasteiger partial charge < -0.3 is 25.4 Å². The Morgan fingerprint density at radius 3 is 2.54 bits per heavy atom. The van der Waals surface area contributed by atoms with Crippen LogP contribution in [0.1, 0.15) is 72.5 Å². The van der Waals surface area contributed by atoms with Crippen LogP contribution >= 0.6 is 0 Å². The van der Waals surface area contributed by atoms with Gasteiger partial charge in [0, 0.05) is 25.0 Å². The third-order valence-electron chi connectivity index (χ3n) is 5.11. The lowest BCUT2D eigenvalue weighted by Crippen LogP contribution is -2.42. The van der Waals surface area contributed by atoms with Gasteiger partial charge in [0.25, 0.3) is 11.8 Å². The number of amides is 2. The fraction of sp³-hybridized carbons (Fsp3) is 0.308. The second-order valence-electron chi connectivity index (χ2n) is 8.75. The molecule has 2 heterocycles. The topological polar surface area (TPSA) is 138 Å². The first-order chi connectivity index (χ1) is 16.5. The zero-order valence-corrected chi connectivity index (χ0v) is 20.3. The summed E-state index contributed by atoms with van der Waals surface area (Å²) in [5.41, 5.74) is 0.289. The second-order valence-corrected chi connectivity index (χ2v) is 8.75. The van der Waals surface area contributed by atoms with E-state index in [0.29, 0.717) is 17.7 Å². The van der Waals surface area contributed by atoms with Gasteiger partial charge in [-0.3, -0.25) is 14.6 Å². The molecule has 3 aromatic rings. The van der Waals surface area contributed by atoms with Gasteiger partial charge in [0.2, 0.25) is 0 Å². The first kappa shape index (κ1) is 25.3. The third kappa shape index (κ3) is 5.79. The van der Waals surface area contributed by atoms with Gasteiger partial charge in [-0.2, -0.15) is 0 Å². The molecule has 0 aliphatic heterocycles. The normalized spacial score (nSPS) is 11.0. The summed E-state index contributed by atoms with van der Waals surface area (Å²) in [6, 6.07) is 6.09. The molecular weight excluding hydrogens is 448 g/mol. The van der Waals surface area contributed by atoms with E-state index in [0.717, 1.165) is 0 Å². The number of aromatic nitrogens is 2. The highest BCUT2D eigenvalue weighted by atomic mass is 16.5. The van der Waals surface area contributed by atoms with E-state index >= 15 is 0 Å². The number of hydrogen-bond acceptors (Lipinski definition) is 7. The largest absolute Gasteiger partial charge is 0.508 e. The van der Waals surface area contributed by atoms with Crippen LogP contribution < -0.4 is 10.6 Å². The van der Waals surface area contributed by atoms with Crippen molar-refractivity contribution in [3.8, 4) is 34.7 Å². The van der Waals surface area contributed by atoms with Crippen LogP contribution in [0.4, 0.5) is 0 Å². The van der Waals surface area contributed by atoms with E-state index in [-0.39, 0.29) is 45.9 Å². The number of nitrogens with zero attached hydrogens (tertiary/aromatic N) is 2. The molecule has 182 valence electrons. The Morgan fingerprint density at radius 1 is 1.17 bits per heavy atom. The van der Waals surface area contributed by atoms with Crippen molar-refractivity contribution in [2.75, 3.05) is 6.54 Å². The Kier molecular flexibility index (Phi) is 7.45. The first-order valence-corrected chi connectivity index (χ1v) is 11.1. The molecule has 0 aliphatic rings. The SMILES string of the molecule is CCNC(=O)c1noc(-c2cc(C(C)C)c(O)cc2O)c1C#CC(C)(C)NC(=O)c1cccnc1. The van der Waals surface area contributed by atoms with Gasteiger partial charge in [0.15, 0.2) is 11.5 Å². The van der Waals surface area contributed by atoms with Gasteiger partial charge in [-0.25, -0.2) is 0 Å². The number of aromatic hydroxyl groups is 2. The van der Waals surface area contributed by atoms with E-state index in [2.05, 4.69) is 32.6 Å². The number of carbonyl (C=O) groups excluding carboxylic acids is 2. The Hall–Kier alpha value is -4.32. The van der Waals surface area contributed by atoms with Crippen molar-refractivity contribution in [3.05, 3.63) is 59.0 Å². The van der Waals surface area contributed by atoms with E-state index in [1.54, 1.807) is 45.2 Å². The Balaban J connectivity index is 2.08. The number of phenolic OH excluding ortho intramolecular Hbond substituents is 2. The molecule has 0 unspecified atom stereocenters. The molecule has 2 aromatic heterocycles. The zero-order valence-electron chi connectivity index (χ0n) is 20.3. The predicted octanol–water partition coefficient (Wildman–Crippen LogP) is 3.58. The number of hydrogen-bond donors (Lipinski definition) is 4. The Labute approximate surface area is 203 Å². The average Bonchev–Trinajstić information content (AvgIpc) is 3.22. The van der Waals surface area contributed by atoms with Crippen LogP contribution in [0, 0.1) is 11.8 Å². The van der Waals surface area contributed by atoms with Crippen molar-refractivity contribution in [1.29, 1.82) is 0 Å². The van der Waals surface area contributed by atoms with Gasteiger partial charge in [-0.15, -0.1) is 0 Å². The lowest BCUT2D eigenvalue weighted by molar-refractivity contribution is 0.0925.